The molecule has 0 amide bonds. The van der Waals surface area contributed by atoms with Gasteiger partial charge in [-0.15, -0.1) is 0 Å². The Balaban J connectivity index is 1.71. The molecule has 0 fully saturated rings. The second kappa shape index (κ2) is 6.75. The van der Waals surface area contributed by atoms with Crippen molar-refractivity contribution in [3.63, 3.8) is 0 Å². The summed E-state index contributed by atoms with van der Waals surface area (Å²) in [7, 11) is 0. The average molecular weight is 374 g/mol. The minimum absolute atomic E-state index is 0.136. The highest BCUT2D eigenvalue weighted by Gasteiger charge is 2.18. The predicted molar refractivity (Wildman–Crippen MR) is 103 cm³/mol. The fraction of sp³-hybridized carbons (Fsp3) is 0.211. The first-order chi connectivity index (χ1) is 13.4. The maximum atomic E-state index is 10.5. The third-order valence-electron chi connectivity index (χ3n) is 4.11. The molecule has 0 radical (unpaired) electrons. The summed E-state index contributed by atoms with van der Waals surface area (Å²) in [6.45, 7) is 3.79. The van der Waals surface area contributed by atoms with Crippen molar-refractivity contribution in [2.45, 2.75) is 26.0 Å². The minimum atomic E-state index is -1.22. The van der Waals surface area contributed by atoms with Gasteiger partial charge in [0, 0.05) is 18.0 Å². The van der Waals surface area contributed by atoms with Crippen molar-refractivity contribution < 1.29 is 5.11 Å². The fourth-order valence-corrected chi connectivity index (χ4v) is 2.89. The summed E-state index contributed by atoms with van der Waals surface area (Å²) in [4.78, 5) is 16.7. The number of aliphatic hydroxyl groups is 1. The number of nitrogens with zero attached hydrogens (tertiary/aromatic N) is 7. The first kappa shape index (κ1) is 17.6. The molecule has 4 rings (SSSR count). The standard InChI is InChI=1S/C19H18N8O/c1-13-24-15-5-4-14(6-7-19(2,28)11-26-9-3-8-23-26)10-16(15)27(13)18-22-12-21-17(20)25-18/h3-5,8-10,12,28H,11H2,1-2H3,(H2,20,21,22,25). The van der Waals surface area contributed by atoms with E-state index in [1.54, 1.807) is 34.6 Å². The molecule has 3 heterocycles. The van der Waals surface area contributed by atoms with Crippen molar-refractivity contribution in [3.8, 4) is 17.8 Å². The fourth-order valence-electron chi connectivity index (χ4n) is 2.89. The molecule has 0 aliphatic heterocycles. The van der Waals surface area contributed by atoms with Gasteiger partial charge in [0.05, 0.1) is 17.6 Å². The highest BCUT2D eigenvalue weighted by atomic mass is 16.3. The summed E-state index contributed by atoms with van der Waals surface area (Å²) in [6.07, 6.45) is 4.80. The monoisotopic (exact) mass is 374 g/mol. The number of aryl methyl sites for hydroxylation is 1. The number of fused-ring (bicyclic) bond motifs is 1. The van der Waals surface area contributed by atoms with Crippen LogP contribution in [0.1, 0.15) is 18.3 Å². The van der Waals surface area contributed by atoms with Gasteiger partial charge in [-0.2, -0.15) is 10.1 Å². The highest BCUT2D eigenvalue weighted by Crippen LogP contribution is 2.20. The minimum Gasteiger partial charge on any atom is -0.376 e. The molecule has 0 saturated carbocycles. The molecule has 140 valence electrons. The highest BCUT2D eigenvalue weighted by molar-refractivity contribution is 5.79. The van der Waals surface area contributed by atoms with Crippen LogP contribution in [0.15, 0.2) is 43.0 Å². The second-order valence-corrected chi connectivity index (χ2v) is 6.57. The predicted octanol–water partition coefficient (Wildman–Crippen LogP) is 1.10. The van der Waals surface area contributed by atoms with Crippen molar-refractivity contribution in [1.29, 1.82) is 0 Å². The van der Waals surface area contributed by atoms with E-state index in [1.807, 2.05) is 25.1 Å². The zero-order valence-corrected chi connectivity index (χ0v) is 15.4. The van der Waals surface area contributed by atoms with Crippen molar-refractivity contribution in [3.05, 3.63) is 54.4 Å². The quantitative estimate of drug-likeness (QED) is 0.515. The van der Waals surface area contributed by atoms with Gasteiger partial charge < -0.3 is 10.8 Å². The summed E-state index contributed by atoms with van der Waals surface area (Å²) < 4.78 is 3.43. The topological polar surface area (TPSA) is 121 Å². The van der Waals surface area contributed by atoms with E-state index >= 15 is 0 Å². The lowest BCUT2D eigenvalue weighted by Crippen LogP contribution is -2.28. The summed E-state index contributed by atoms with van der Waals surface area (Å²) in [5, 5.41) is 14.6. The van der Waals surface area contributed by atoms with Crippen LogP contribution in [-0.2, 0) is 6.54 Å². The van der Waals surface area contributed by atoms with E-state index in [2.05, 4.69) is 36.9 Å². The number of benzene rings is 1. The van der Waals surface area contributed by atoms with Crippen LogP contribution in [0.2, 0.25) is 0 Å². The number of aromatic nitrogens is 7. The second-order valence-electron chi connectivity index (χ2n) is 6.57. The third-order valence-corrected chi connectivity index (χ3v) is 4.11. The van der Waals surface area contributed by atoms with Crippen LogP contribution in [0.5, 0.6) is 0 Å². The van der Waals surface area contributed by atoms with E-state index in [0.717, 1.165) is 22.4 Å². The normalized spacial score (nSPS) is 13.1. The molecule has 9 nitrogen and oxygen atoms in total. The van der Waals surface area contributed by atoms with E-state index in [9.17, 15) is 5.11 Å². The van der Waals surface area contributed by atoms with Crippen LogP contribution in [0.25, 0.3) is 17.0 Å². The molecule has 0 bridgehead atoms. The first-order valence-electron chi connectivity index (χ1n) is 8.58. The van der Waals surface area contributed by atoms with E-state index < -0.39 is 5.60 Å². The van der Waals surface area contributed by atoms with Crippen molar-refractivity contribution >= 4 is 17.0 Å². The molecule has 3 N–H and O–H groups in total. The van der Waals surface area contributed by atoms with Crippen LogP contribution in [0.3, 0.4) is 0 Å². The Hall–Kier alpha value is -3.77. The van der Waals surface area contributed by atoms with Crippen LogP contribution in [0.4, 0.5) is 5.95 Å². The molecule has 0 aliphatic carbocycles. The van der Waals surface area contributed by atoms with E-state index in [0.29, 0.717) is 5.95 Å². The summed E-state index contributed by atoms with van der Waals surface area (Å²) in [5.41, 5.74) is 6.77. The molecular weight excluding hydrogens is 356 g/mol. The van der Waals surface area contributed by atoms with Crippen LogP contribution in [-0.4, -0.2) is 45.0 Å². The van der Waals surface area contributed by atoms with Gasteiger partial charge >= 0.3 is 0 Å². The van der Waals surface area contributed by atoms with Gasteiger partial charge in [0.25, 0.3) is 0 Å². The number of nitrogen functional groups attached to an aromatic ring is 1. The van der Waals surface area contributed by atoms with E-state index in [-0.39, 0.29) is 12.5 Å². The van der Waals surface area contributed by atoms with Gasteiger partial charge in [0.2, 0.25) is 11.9 Å². The number of rotatable bonds is 3. The van der Waals surface area contributed by atoms with Gasteiger partial charge in [-0.25, -0.2) is 15.0 Å². The average Bonchev–Trinajstić information content (AvgIpc) is 3.25. The molecule has 3 aromatic heterocycles. The molecule has 1 atom stereocenters. The first-order valence-corrected chi connectivity index (χ1v) is 8.58. The molecule has 0 saturated heterocycles. The van der Waals surface area contributed by atoms with Gasteiger partial charge in [-0.05, 0) is 38.1 Å². The van der Waals surface area contributed by atoms with Crippen molar-refractivity contribution in [2.24, 2.45) is 0 Å². The van der Waals surface area contributed by atoms with Crippen molar-refractivity contribution in [2.75, 3.05) is 5.73 Å². The molecule has 1 unspecified atom stereocenters. The molecule has 9 heteroatoms. The number of hydrogen-bond acceptors (Lipinski definition) is 7. The maximum Gasteiger partial charge on any atom is 0.240 e. The lowest BCUT2D eigenvalue weighted by molar-refractivity contribution is 0.0977. The SMILES string of the molecule is Cc1nc2ccc(C#CC(C)(O)Cn3cccn3)cc2n1-c1ncnc(N)n1. The smallest absolute Gasteiger partial charge is 0.240 e. The zero-order chi connectivity index (χ0) is 19.7. The Morgan fingerprint density at radius 3 is 2.86 bits per heavy atom. The Morgan fingerprint density at radius 1 is 1.25 bits per heavy atom. The molecule has 0 aliphatic rings. The summed E-state index contributed by atoms with van der Waals surface area (Å²) in [6, 6.07) is 7.41. The van der Waals surface area contributed by atoms with Crippen LogP contribution < -0.4 is 5.73 Å². The lowest BCUT2D eigenvalue weighted by atomic mass is 10.1. The molecule has 0 spiro atoms. The number of nitrogens with two attached hydrogens (primary N) is 1. The van der Waals surface area contributed by atoms with Gasteiger partial charge in [0.1, 0.15) is 17.8 Å². The van der Waals surface area contributed by atoms with E-state index in [1.165, 1.54) is 6.33 Å². The summed E-state index contributed by atoms with van der Waals surface area (Å²) >= 11 is 0. The number of hydrogen-bond donors (Lipinski definition) is 2. The number of imidazole rings is 1. The molecular formula is C19H18N8O. The van der Waals surface area contributed by atoms with Gasteiger partial charge in [-0.3, -0.25) is 9.25 Å². The Kier molecular flexibility index (Phi) is 4.25. The zero-order valence-electron chi connectivity index (χ0n) is 15.4. The maximum absolute atomic E-state index is 10.5. The molecule has 4 aromatic rings. The number of anilines is 1. The van der Waals surface area contributed by atoms with Crippen LogP contribution >= 0.6 is 0 Å². The Labute approximate surface area is 160 Å². The molecule has 1 aromatic carbocycles. The van der Waals surface area contributed by atoms with E-state index in [4.69, 9.17) is 5.73 Å². The Morgan fingerprint density at radius 2 is 2.11 bits per heavy atom. The van der Waals surface area contributed by atoms with Crippen LogP contribution in [0, 0.1) is 18.8 Å². The van der Waals surface area contributed by atoms with Crippen molar-refractivity contribution in [1.82, 2.24) is 34.3 Å². The van der Waals surface area contributed by atoms with Gasteiger partial charge in [-0.1, -0.05) is 11.8 Å². The lowest BCUT2D eigenvalue weighted by Gasteiger charge is -2.15. The molecule has 28 heavy (non-hydrogen) atoms. The summed E-state index contributed by atoms with van der Waals surface area (Å²) in [5.74, 6) is 7.18. The van der Waals surface area contributed by atoms with Gasteiger partial charge in [0.15, 0.2) is 0 Å². The third kappa shape index (κ3) is 3.54. The largest absolute Gasteiger partial charge is 0.376 e. The Bertz CT molecular complexity index is 1200.